The van der Waals surface area contributed by atoms with Gasteiger partial charge in [0.2, 0.25) is 11.6 Å². The van der Waals surface area contributed by atoms with Crippen molar-refractivity contribution in [3.05, 3.63) is 23.7 Å². The van der Waals surface area contributed by atoms with Crippen molar-refractivity contribution in [1.29, 1.82) is 0 Å². The molecular formula is C11H10O4. The highest BCUT2D eigenvalue weighted by Crippen LogP contribution is 2.18. The van der Waals surface area contributed by atoms with E-state index in [-0.39, 0.29) is 11.5 Å². The van der Waals surface area contributed by atoms with Gasteiger partial charge in [0, 0.05) is 12.2 Å². The lowest BCUT2D eigenvalue weighted by Crippen LogP contribution is -2.19. The fourth-order valence-corrected chi connectivity index (χ4v) is 0.999. The van der Waals surface area contributed by atoms with Crippen LogP contribution >= 0.6 is 0 Å². The van der Waals surface area contributed by atoms with Crippen LogP contribution in [0.5, 0.6) is 0 Å². The quantitative estimate of drug-likeness (QED) is 0.385. The molecule has 0 amide bonds. The second kappa shape index (κ2) is 4.47. The summed E-state index contributed by atoms with van der Waals surface area (Å²) in [5, 5.41) is 0. The molecule has 0 aliphatic heterocycles. The zero-order valence-corrected chi connectivity index (χ0v) is 8.44. The fraction of sp³-hybridized carbons (Fsp3) is 0.273. The fourth-order valence-electron chi connectivity index (χ4n) is 0.999. The van der Waals surface area contributed by atoms with Gasteiger partial charge in [0.05, 0.1) is 7.11 Å². The van der Waals surface area contributed by atoms with Crippen LogP contribution in [0.1, 0.15) is 6.92 Å². The van der Waals surface area contributed by atoms with E-state index in [1.54, 1.807) is 6.92 Å². The number of ether oxygens (including phenoxy) is 2. The second-order valence-electron chi connectivity index (χ2n) is 2.88. The maximum atomic E-state index is 11.1. The number of carbonyl (C=O) groups excluding carboxylic acids is 2. The maximum absolute atomic E-state index is 11.1. The molecule has 1 rings (SSSR count). The third-order valence-corrected chi connectivity index (χ3v) is 1.77. The van der Waals surface area contributed by atoms with Crippen LogP contribution in [-0.4, -0.2) is 24.8 Å². The van der Waals surface area contributed by atoms with Crippen LogP contribution < -0.4 is 0 Å². The first-order valence-electron chi connectivity index (χ1n) is 4.27. The summed E-state index contributed by atoms with van der Waals surface area (Å²) in [4.78, 5) is 22.1. The van der Waals surface area contributed by atoms with Gasteiger partial charge in [0.1, 0.15) is 0 Å². The topological polar surface area (TPSA) is 52.6 Å². The summed E-state index contributed by atoms with van der Waals surface area (Å²) in [6.45, 7) is 1.65. The Morgan fingerprint density at radius 2 is 1.80 bits per heavy atom. The van der Waals surface area contributed by atoms with E-state index in [4.69, 9.17) is 15.9 Å². The van der Waals surface area contributed by atoms with E-state index < -0.39 is 17.7 Å². The van der Waals surface area contributed by atoms with Crippen molar-refractivity contribution >= 4 is 11.6 Å². The lowest BCUT2D eigenvalue weighted by Gasteiger charge is -2.16. The molecule has 1 aliphatic carbocycles. The molecule has 1 aliphatic rings. The van der Waals surface area contributed by atoms with Gasteiger partial charge in [-0.3, -0.25) is 9.59 Å². The van der Waals surface area contributed by atoms with E-state index in [2.05, 4.69) is 5.92 Å². The van der Waals surface area contributed by atoms with Gasteiger partial charge in [0.15, 0.2) is 17.6 Å². The molecule has 0 saturated carbocycles. The SMILES string of the molecule is C#CC(C)OC1=CC(=O)C(=O)C=C1OC. The van der Waals surface area contributed by atoms with Crippen LogP contribution in [0.15, 0.2) is 23.7 Å². The molecule has 0 aromatic carbocycles. The van der Waals surface area contributed by atoms with Crippen LogP contribution in [0.2, 0.25) is 0 Å². The first-order valence-corrected chi connectivity index (χ1v) is 4.27. The Bertz CT molecular complexity index is 395. The highest BCUT2D eigenvalue weighted by Gasteiger charge is 2.22. The lowest BCUT2D eigenvalue weighted by molar-refractivity contribution is -0.131. The Kier molecular flexibility index (Phi) is 3.29. The average Bonchev–Trinajstić information content (AvgIpc) is 2.22. The summed E-state index contributed by atoms with van der Waals surface area (Å²) in [7, 11) is 1.38. The Morgan fingerprint density at radius 3 is 2.27 bits per heavy atom. The lowest BCUT2D eigenvalue weighted by atomic mass is 10.1. The number of terminal acetylenes is 1. The van der Waals surface area contributed by atoms with Crippen molar-refractivity contribution in [2.45, 2.75) is 13.0 Å². The number of allylic oxidation sites excluding steroid dienone is 2. The molecule has 78 valence electrons. The molecule has 0 aromatic rings. The molecule has 0 radical (unpaired) electrons. The van der Waals surface area contributed by atoms with Crippen molar-refractivity contribution in [3.8, 4) is 12.3 Å². The Morgan fingerprint density at radius 1 is 1.27 bits per heavy atom. The third kappa shape index (κ3) is 2.47. The molecule has 0 saturated heterocycles. The van der Waals surface area contributed by atoms with Crippen molar-refractivity contribution in [3.63, 3.8) is 0 Å². The molecule has 15 heavy (non-hydrogen) atoms. The molecule has 0 fully saturated rings. The summed E-state index contributed by atoms with van der Waals surface area (Å²) >= 11 is 0. The highest BCUT2D eigenvalue weighted by molar-refractivity contribution is 6.46. The Balaban J connectivity index is 2.92. The summed E-state index contributed by atoms with van der Waals surface area (Å²) in [5.41, 5.74) is 0. The normalized spacial score (nSPS) is 17.4. The molecule has 0 N–H and O–H groups in total. The van der Waals surface area contributed by atoms with Crippen molar-refractivity contribution in [1.82, 2.24) is 0 Å². The number of carbonyl (C=O) groups is 2. The van der Waals surface area contributed by atoms with Gasteiger partial charge in [-0.05, 0) is 6.92 Å². The first-order chi connectivity index (χ1) is 7.08. The molecule has 0 aromatic heterocycles. The van der Waals surface area contributed by atoms with Crippen molar-refractivity contribution in [2.24, 2.45) is 0 Å². The smallest absolute Gasteiger partial charge is 0.229 e. The van der Waals surface area contributed by atoms with Crippen molar-refractivity contribution < 1.29 is 19.1 Å². The highest BCUT2D eigenvalue weighted by atomic mass is 16.5. The van der Waals surface area contributed by atoms with Gasteiger partial charge in [-0.1, -0.05) is 5.92 Å². The molecule has 0 bridgehead atoms. The number of hydrogen-bond donors (Lipinski definition) is 0. The molecule has 4 heteroatoms. The van der Waals surface area contributed by atoms with Gasteiger partial charge < -0.3 is 9.47 Å². The van der Waals surface area contributed by atoms with Crippen LogP contribution in [0, 0.1) is 12.3 Å². The van der Waals surface area contributed by atoms with E-state index in [0.29, 0.717) is 0 Å². The van der Waals surface area contributed by atoms with Gasteiger partial charge in [0.25, 0.3) is 0 Å². The molecule has 1 unspecified atom stereocenters. The van der Waals surface area contributed by atoms with E-state index in [1.165, 1.54) is 7.11 Å². The average molecular weight is 206 g/mol. The third-order valence-electron chi connectivity index (χ3n) is 1.77. The molecule has 4 nitrogen and oxygen atoms in total. The summed E-state index contributed by atoms with van der Waals surface area (Å²) in [6.07, 6.45) is 6.80. The molecule has 0 spiro atoms. The van der Waals surface area contributed by atoms with E-state index >= 15 is 0 Å². The van der Waals surface area contributed by atoms with Crippen LogP contribution in [0.3, 0.4) is 0 Å². The minimum Gasteiger partial charge on any atom is -0.493 e. The zero-order chi connectivity index (χ0) is 11.4. The van der Waals surface area contributed by atoms with Crippen LogP contribution in [0.25, 0.3) is 0 Å². The van der Waals surface area contributed by atoms with Gasteiger partial charge in [-0.25, -0.2) is 0 Å². The first kappa shape index (κ1) is 11.1. The number of rotatable bonds is 3. The number of ketones is 2. The van der Waals surface area contributed by atoms with Gasteiger partial charge in [-0.15, -0.1) is 6.42 Å². The zero-order valence-electron chi connectivity index (χ0n) is 8.44. The Labute approximate surface area is 87.6 Å². The van der Waals surface area contributed by atoms with E-state index in [1.807, 2.05) is 0 Å². The number of hydrogen-bond acceptors (Lipinski definition) is 4. The Hall–Kier alpha value is -2.02. The maximum Gasteiger partial charge on any atom is 0.229 e. The molecule has 0 heterocycles. The van der Waals surface area contributed by atoms with Crippen LogP contribution in [0.4, 0.5) is 0 Å². The summed E-state index contributed by atoms with van der Waals surface area (Å²) in [5.74, 6) is 1.46. The van der Waals surface area contributed by atoms with E-state index in [9.17, 15) is 9.59 Å². The monoisotopic (exact) mass is 206 g/mol. The van der Waals surface area contributed by atoms with Crippen molar-refractivity contribution in [2.75, 3.05) is 7.11 Å². The number of methoxy groups -OCH3 is 1. The summed E-state index contributed by atoms with van der Waals surface area (Å²) in [6, 6.07) is 0. The summed E-state index contributed by atoms with van der Waals surface area (Å²) < 4.78 is 10.1. The van der Waals surface area contributed by atoms with Gasteiger partial charge >= 0.3 is 0 Å². The predicted octanol–water partition coefficient (Wildman–Crippen LogP) is 0.591. The van der Waals surface area contributed by atoms with Crippen LogP contribution in [-0.2, 0) is 19.1 Å². The largest absolute Gasteiger partial charge is 0.493 e. The minimum absolute atomic E-state index is 0.188. The standard InChI is InChI=1S/C11H10O4/c1-4-7(2)15-11-6-9(13)8(12)5-10(11)14-3/h1,5-7H,2-3H3. The second-order valence-corrected chi connectivity index (χ2v) is 2.88. The minimum atomic E-state index is -0.643. The molecular weight excluding hydrogens is 196 g/mol. The van der Waals surface area contributed by atoms with E-state index in [0.717, 1.165) is 12.2 Å². The predicted molar refractivity (Wildman–Crippen MR) is 52.6 cm³/mol. The van der Waals surface area contributed by atoms with Gasteiger partial charge in [-0.2, -0.15) is 0 Å². The molecule has 1 atom stereocenters.